The molecule has 68 valence electrons. The van der Waals surface area contributed by atoms with Crippen molar-refractivity contribution in [2.45, 2.75) is 6.42 Å². The van der Waals surface area contributed by atoms with Gasteiger partial charge < -0.3 is 4.42 Å². The fraction of sp³-hybridized carbons (Fsp3) is 0.0833. The number of carbonyl (C=O) groups is 1. The van der Waals surface area contributed by atoms with E-state index in [0.717, 1.165) is 22.1 Å². The Morgan fingerprint density at radius 1 is 1.21 bits per heavy atom. The Hall–Kier alpha value is -1.83. The van der Waals surface area contributed by atoms with E-state index in [1.807, 2.05) is 18.2 Å². The van der Waals surface area contributed by atoms with Crippen molar-refractivity contribution in [1.82, 2.24) is 0 Å². The van der Waals surface area contributed by atoms with E-state index in [2.05, 4.69) is 6.07 Å². The van der Waals surface area contributed by atoms with E-state index in [9.17, 15) is 4.79 Å². The molecule has 1 aliphatic rings. The third kappa shape index (κ3) is 1.01. The summed E-state index contributed by atoms with van der Waals surface area (Å²) in [5, 5.41) is 1.09. The quantitative estimate of drug-likeness (QED) is 0.629. The zero-order valence-corrected chi connectivity index (χ0v) is 7.49. The molecule has 0 aliphatic heterocycles. The summed E-state index contributed by atoms with van der Waals surface area (Å²) in [7, 11) is 0. The topological polar surface area (TPSA) is 30.2 Å². The highest BCUT2D eigenvalue weighted by atomic mass is 16.3. The van der Waals surface area contributed by atoms with Gasteiger partial charge in [0.1, 0.15) is 5.58 Å². The van der Waals surface area contributed by atoms with Gasteiger partial charge in [-0.25, -0.2) is 0 Å². The monoisotopic (exact) mass is 184 g/mol. The van der Waals surface area contributed by atoms with E-state index in [4.69, 9.17) is 4.42 Å². The van der Waals surface area contributed by atoms with Gasteiger partial charge in [-0.05, 0) is 35.4 Å². The molecule has 0 unspecified atom stereocenters. The number of fused-ring (bicyclic) bond motifs is 2. The minimum absolute atomic E-state index is 0.156. The van der Waals surface area contributed by atoms with Crippen LogP contribution in [-0.4, -0.2) is 5.78 Å². The summed E-state index contributed by atoms with van der Waals surface area (Å²) in [5.41, 5.74) is 3.03. The van der Waals surface area contributed by atoms with Crippen molar-refractivity contribution in [3.8, 4) is 0 Å². The van der Waals surface area contributed by atoms with Crippen molar-refractivity contribution in [2.24, 2.45) is 0 Å². The summed E-state index contributed by atoms with van der Waals surface area (Å²) in [6.45, 7) is 0. The number of furan rings is 1. The molecule has 2 aromatic rings. The SMILES string of the molecule is O=C1C=Cc2cc3ccoc3cc2C1. The molecule has 0 bridgehead atoms. The fourth-order valence-electron chi connectivity index (χ4n) is 1.81. The molecule has 2 heteroatoms. The molecule has 0 saturated carbocycles. The fourth-order valence-corrected chi connectivity index (χ4v) is 1.81. The zero-order valence-electron chi connectivity index (χ0n) is 7.49. The predicted molar refractivity (Wildman–Crippen MR) is 54.0 cm³/mol. The summed E-state index contributed by atoms with van der Waals surface area (Å²) >= 11 is 0. The number of hydrogen-bond acceptors (Lipinski definition) is 2. The van der Waals surface area contributed by atoms with Crippen LogP contribution >= 0.6 is 0 Å². The molecule has 1 aliphatic carbocycles. The first-order valence-corrected chi connectivity index (χ1v) is 4.54. The normalized spacial score (nSPS) is 14.7. The summed E-state index contributed by atoms with van der Waals surface area (Å²) in [5.74, 6) is 0.156. The Balaban J connectivity index is 2.31. The van der Waals surface area contributed by atoms with Crippen molar-refractivity contribution >= 4 is 22.8 Å². The van der Waals surface area contributed by atoms with Gasteiger partial charge in [0.15, 0.2) is 5.78 Å². The molecule has 2 nitrogen and oxygen atoms in total. The van der Waals surface area contributed by atoms with Crippen LogP contribution in [0.3, 0.4) is 0 Å². The van der Waals surface area contributed by atoms with E-state index in [0.29, 0.717) is 6.42 Å². The zero-order chi connectivity index (χ0) is 9.54. The molecular formula is C12H8O2. The van der Waals surface area contributed by atoms with Crippen LogP contribution in [-0.2, 0) is 11.2 Å². The lowest BCUT2D eigenvalue weighted by atomic mass is 9.95. The van der Waals surface area contributed by atoms with Gasteiger partial charge >= 0.3 is 0 Å². The van der Waals surface area contributed by atoms with E-state index in [1.54, 1.807) is 12.3 Å². The van der Waals surface area contributed by atoms with Gasteiger partial charge in [0, 0.05) is 11.8 Å². The molecular weight excluding hydrogens is 176 g/mol. The molecule has 1 aromatic carbocycles. The van der Waals surface area contributed by atoms with E-state index in [-0.39, 0.29) is 5.78 Å². The van der Waals surface area contributed by atoms with Crippen molar-refractivity contribution in [3.63, 3.8) is 0 Å². The highest BCUT2D eigenvalue weighted by molar-refractivity contribution is 5.99. The standard InChI is InChI=1S/C12H8O2/c13-11-2-1-8-5-9-3-4-14-12(9)7-10(8)6-11/h1-5,7H,6H2. The smallest absolute Gasteiger partial charge is 0.160 e. The van der Waals surface area contributed by atoms with Crippen LogP contribution in [0.2, 0.25) is 0 Å². The maximum absolute atomic E-state index is 11.2. The lowest BCUT2D eigenvalue weighted by Crippen LogP contribution is -2.04. The van der Waals surface area contributed by atoms with Crippen molar-refractivity contribution in [2.75, 3.05) is 0 Å². The molecule has 14 heavy (non-hydrogen) atoms. The molecule has 0 fully saturated rings. The van der Waals surface area contributed by atoms with E-state index in [1.165, 1.54) is 0 Å². The molecule has 0 atom stereocenters. The van der Waals surface area contributed by atoms with Crippen molar-refractivity contribution in [1.29, 1.82) is 0 Å². The van der Waals surface area contributed by atoms with Crippen LogP contribution in [0.4, 0.5) is 0 Å². The molecule has 0 N–H and O–H groups in total. The lowest BCUT2D eigenvalue weighted by molar-refractivity contribution is -0.114. The highest BCUT2D eigenvalue weighted by Crippen LogP contribution is 2.24. The maximum atomic E-state index is 11.2. The minimum atomic E-state index is 0.156. The number of ketones is 1. The average Bonchev–Trinajstić information content (AvgIpc) is 2.61. The van der Waals surface area contributed by atoms with Crippen LogP contribution in [0.5, 0.6) is 0 Å². The third-order valence-corrected chi connectivity index (χ3v) is 2.53. The summed E-state index contributed by atoms with van der Waals surface area (Å²) in [6.07, 6.45) is 5.66. The van der Waals surface area contributed by atoms with Gasteiger partial charge in [-0.1, -0.05) is 6.08 Å². The van der Waals surface area contributed by atoms with Gasteiger partial charge in [-0.2, -0.15) is 0 Å². The Kier molecular flexibility index (Phi) is 1.39. The highest BCUT2D eigenvalue weighted by Gasteiger charge is 2.11. The molecule has 3 rings (SSSR count). The molecule has 0 radical (unpaired) electrons. The first-order valence-electron chi connectivity index (χ1n) is 4.54. The van der Waals surface area contributed by atoms with E-state index >= 15 is 0 Å². The van der Waals surface area contributed by atoms with Gasteiger partial charge in [-0.3, -0.25) is 4.79 Å². The van der Waals surface area contributed by atoms with Gasteiger partial charge in [0.25, 0.3) is 0 Å². The Morgan fingerprint density at radius 3 is 3.07 bits per heavy atom. The largest absolute Gasteiger partial charge is 0.464 e. The Labute approximate surface area is 80.8 Å². The Bertz CT molecular complexity index is 546. The second kappa shape index (κ2) is 2.58. The number of hydrogen-bond donors (Lipinski definition) is 0. The van der Waals surface area contributed by atoms with Crippen LogP contribution in [0.15, 0.2) is 35.0 Å². The van der Waals surface area contributed by atoms with E-state index < -0.39 is 0 Å². The molecule has 1 heterocycles. The van der Waals surface area contributed by atoms with Gasteiger partial charge in [0.2, 0.25) is 0 Å². The van der Waals surface area contributed by atoms with Crippen molar-refractivity contribution in [3.05, 3.63) is 41.7 Å². The van der Waals surface area contributed by atoms with Crippen LogP contribution < -0.4 is 0 Å². The number of allylic oxidation sites excluding steroid dienone is 1. The predicted octanol–water partition coefficient (Wildman–Crippen LogP) is 2.57. The third-order valence-electron chi connectivity index (χ3n) is 2.53. The van der Waals surface area contributed by atoms with Gasteiger partial charge in [-0.15, -0.1) is 0 Å². The molecule has 0 spiro atoms. The molecule has 0 saturated heterocycles. The number of carbonyl (C=O) groups excluding carboxylic acids is 1. The first-order chi connectivity index (χ1) is 6.83. The summed E-state index contributed by atoms with van der Waals surface area (Å²) in [4.78, 5) is 11.2. The van der Waals surface area contributed by atoms with Gasteiger partial charge in [0.05, 0.1) is 6.26 Å². The number of benzene rings is 1. The molecule has 1 aromatic heterocycles. The number of rotatable bonds is 0. The van der Waals surface area contributed by atoms with Crippen molar-refractivity contribution < 1.29 is 9.21 Å². The van der Waals surface area contributed by atoms with Crippen LogP contribution in [0.1, 0.15) is 11.1 Å². The Morgan fingerprint density at radius 2 is 2.14 bits per heavy atom. The second-order valence-corrected chi connectivity index (χ2v) is 3.49. The molecule has 0 amide bonds. The minimum Gasteiger partial charge on any atom is -0.464 e. The van der Waals surface area contributed by atoms with Crippen LogP contribution in [0.25, 0.3) is 17.0 Å². The summed E-state index contributed by atoms with van der Waals surface area (Å²) < 4.78 is 5.28. The van der Waals surface area contributed by atoms with Crippen LogP contribution in [0, 0.1) is 0 Å². The second-order valence-electron chi connectivity index (χ2n) is 3.49. The summed E-state index contributed by atoms with van der Waals surface area (Å²) in [6, 6.07) is 5.93. The first kappa shape index (κ1) is 7.56. The average molecular weight is 184 g/mol. The lowest BCUT2D eigenvalue weighted by Gasteiger charge is -2.08. The maximum Gasteiger partial charge on any atom is 0.160 e.